The second-order valence-corrected chi connectivity index (χ2v) is 6.13. The minimum absolute atomic E-state index is 0.216. The molecule has 0 aliphatic carbocycles. The Bertz CT molecular complexity index is 648. The van der Waals surface area contributed by atoms with E-state index >= 15 is 0 Å². The monoisotopic (exact) mass is 299 g/mol. The van der Waals surface area contributed by atoms with E-state index in [9.17, 15) is 0 Å². The molecule has 3 rings (SSSR count). The van der Waals surface area contributed by atoms with E-state index in [-0.39, 0.29) is 6.61 Å². The van der Waals surface area contributed by atoms with E-state index in [1.807, 2.05) is 0 Å². The number of aryl methyl sites for hydroxylation is 1. The lowest BCUT2D eigenvalue weighted by Gasteiger charge is -2.35. The normalized spacial score (nSPS) is 16.4. The van der Waals surface area contributed by atoms with Crippen LogP contribution in [-0.4, -0.2) is 42.4 Å². The lowest BCUT2D eigenvalue weighted by atomic mass is 10.0. The van der Waals surface area contributed by atoms with Gasteiger partial charge in [0.2, 0.25) is 0 Å². The van der Waals surface area contributed by atoms with Crippen molar-refractivity contribution in [3.8, 4) is 0 Å². The Morgan fingerprint density at radius 2 is 1.95 bits per heavy atom. The third-order valence-electron chi connectivity index (χ3n) is 4.70. The standard InChI is InChI=1S/C18H25N3O/c1-13-14(2)20-17-6-4-3-5-16(17)18(13)21-10-7-15(8-11-21)19-9-12-22/h3-6,15,19,22H,7-12H2,1-2H3. The largest absolute Gasteiger partial charge is 0.395 e. The van der Waals surface area contributed by atoms with Crippen molar-refractivity contribution in [3.63, 3.8) is 0 Å². The fraction of sp³-hybridized carbons (Fsp3) is 0.500. The number of nitrogens with zero attached hydrogens (tertiary/aromatic N) is 2. The molecule has 1 saturated heterocycles. The van der Waals surface area contributed by atoms with Crippen molar-refractivity contribution in [2.75, 3.05) is 31.1 Å². The average Bonchev–Trinajstić information content (AvgIpc) is 2.55. The highest BCUT2D eigenvalue weighted by molar-refractivity contribution is 5.93. The fourth-order valence-corrected chi connectivity index (χ4v) is 3.39. The lowest BCUT2D eigenvalue weighted by molar-refractivity contribution is 0.277. The van der Waals surface area contributed by atoms with Crippen LogP contribution < -0.4 is 10.2 Å². The van der Waals surface area contributed by atoms with Gasteiger partial charge in [-0.05, 0) is 38.3 Å². The molecule has 0 spiro atoms. The van der Waals surface area contributed by atoms with Gasteiger partial charge in [0.1, 0.15) is 0 Å². The van der Waals surface area contributed by atoms with Gasteiger partial charge in [-0.25, -0.2) is 0 Å². The number of aromatic nitrogens is 1. The lowest BCUT2D eigenvalue weighted by Crippen LogP contribution is -2.43. The van der Waals surface area contributed by atoms with Gasteiger partial charge in [-0.3, -0.25) is 4.98 Å². The van der Waals surface area contributed by atoms with Crippen molar-refractivity contribution in [1.29, 1.82) is 0 Å². The quantitative estimate of drug-likeness (QED) is 0.910. The maximum atomic E-state index is 8.93. The van der Waals surface area contributed by atoms with Crippen molar-refractivity contribution in [2.45, 2.75) is 32.7 Å². The van der Waals surface area contributed by atoms with Crippen LogP contribution in [0.5, 0.6) is 0 Å². The summed E-state index contributed by atoms with van der Waals surface area (Å²) in [5, 5.41) is 13.6. The first kappa shape index (κ1) is 15.3. The van der Waals surface area contributed by atoms with Gasteiger partial charge in [-0.15, -0.1) is 0 Å². The molecule has 4 nitrogen and oxygen atoms in total. The van der Waals surface area contributed by atoms with Gasteiger partial charge in [0, 0.05) is 36.8 Å². The summed E-state index contributed by atoms with van der Waals surface area (Å²) in [5.74, 6) is 0. The molecule has 0 unspecified atom stereocenters. The molecule has 118 valence electrons. The zero-order valence-corrected chi connectivity index (χ0v) is 13.5. The van der Waals surface area contributed by atoms with Gasteiger partial charge in [0.15, 0.2) is 0 Å². The van der Waals surface area contributed by atoms with Crippen molar-refractivity contribution >= 4 is 16.6 Å². The molecule has 0 radical (unpaired) electrons. The molecule has 22 heavy (non-hydrogen) atoms. The number of pyridine rings is 1. The summed E-state index contributed by atoms with van der Waals surface area (Å²) >= 11 is 0. The SMILES string of the molecule is Cc1nc2ccccc2c(N2CCC(NCCO)CC2)c1C. The minimum atomic E-state index is 0.216. The Balaban J connectivity index is 1.86. The van der Waals surface area contributed by atoms with E-state index < -0.39 is 0 Å². The highest BCUT2D eigenvalue weighted by atomic mass is 16.3. The number of hydrogen-bond donors (Lipinski definition) is 2. The molecule has 1 aromatic carbocycles. The first-order valence-electron chi connectivity index (χ1n) is 8.16. The molecule has 1 aliphatic heterocycles. The minimum Gasteiger partial charge on any atom is -0.395 e. The Hall–Kier alpha value is -1.65. The molecule has 0 amide bonds. The number of hydrogen-bond acceptors (Lipinski definition) is 4. The Morgan fingerprint density at radius 1 is 1.23 bits per heavy atom. The van der Waals surface area contributed by atoms with Crippen LogP contribution in [0.1, 0.15) is 24.1 Å². The zero-order valence-electron chi connectivity index (χ0n) is 13.5. The predicted molar refractivity (Wildman–Crippen MR) is 91.5 cm³/mol. The van der Waals surface area contributed by atoms with E-state index in [0.717, 1.165) is 37.1 Å². The van der Waals surface area contributed by atoms with E-state index in [1.165, 1.54) is 16.6 Å². The van der Waals surface area contributed by atoms with Crippen LogP contribution in [0, 0.1) is 13.8 Å². The molecular formula is C18H25N3O. The summed E-state index contributed by atoms with van der Waals surface area (Å²) in [7, 11) is 0. The molecule has 1 aromatic heterocycles. The Kier molecular flexibility index (Phi) is 4.60. The summed E-state index contributed by atoms with van der Waals surface area (Å²) in [5.41, 5.74) is 4.85. The molecule has 4 heteroatoms. The van der Waals surface area contributed by atoms with E-state index in [2.05, 4.69) is 48.3 Å². The number of aliphatic hydroxyl groups is 1. The molecule has 2 aromatic rings. The van der Waals surface area contributed by atoms with Gasteiger partial charge in [0.25, 0.3) is 0 Å². The number of para-hydroxylation sites is 1. The topological polar surface area (TPSA) is 48.4 Å². The first-order valence-corrected chi connectivity index (χ1v) is 8.16. The smallest absolute Gasteiger partial charge is 0.0726 e. The summed E-state index contributed by atoms with van der Waals surface area (Å²) < 4.78 is 0. The number of rotatable bonds is 4. The van der Waals surface area contributed by atoms with Gasteiger partial charge in [-0.2, -0.15) is 0 Å². The van der Waals surface area contributed by atoms with Gasteiger partial charge >= 0.3 is 0 Å². The predicted octanol–water partition coefficient (Wildman–Crippen LogP) is 2.40. The van der Waals surface area contributed by atoms with Gasteiger partial charge < -0.3 is 15.3 Å². The summed E-state index contributed by atoms with van der Waals surface area (Å²) in [6.45, 7) is 7.30. The van der Waals surface area contributed by atoms with Crippen molar-refractivity contribution in [2.24, 2.45) is 0 Å². The van der Waals surface area contributed by atoms with E-state index in [0.29, 0.717) is 12.6 Å². The highest BCUT2D eigenvalue weighted by Gasteiger charge is 2.22. The Labute approximate surface area is 132 Å². The first-order chi connectivity index (χ1) is 10.7. The molecule has 0 saturated carbocycles. The second-order valence-electron chi connectivity index (χ2n) is 6.13. The van der Waals surface area contributed by atoms with Crippen LogP contribution in [0.15, 0.2) is 24.3 Å². The molecular weight excluding hydrogens is 274 g/mol. The molecule has 2 heterocycles. The van der Waals surface area contributed by atoms with Crippen molar-refractivity contribution in [1.82, 2.24) is 10.3 Å². The van der Waals surface area contributed by atoms with Crippen LogP contribution in [0.4, 0.5) is 5.69 Å². The molecule has 2 N–H and O–H groups in total. The zero-order chi connectivity index (χ0) is 15.5. The van der Waals surface area contributed by atoms with Crippen LogP contribution in [0.25, 0.3) is 10.9 Å². The maximum absolute atomic E-state index is 8.93. The number of aliphatic hydroxyl groups excluding tert-OH is 1. The summed E-state index contributed by atoms with van der Waals surface area (Å²) in [6, 6.07) is 8.95. The number of anilines is 1. The van der Waals surface area contributed by atoms with E-state index in [4.69, 9.17) is 10.1 Å². The second kappa shape index (κ2) is 6.63. The average molecular weight is 299 g/mol. The highest BCUT2D eigenvalue weighted by Crippen LogP contribution is 2.32. The summed E-state index contributed by atoms with van der Waals surface area (Å²) in [6.07, 6.45) is 2.24. The Morgan fingerprint density at radius 3 is 2.68 bits per heavy atom. The van der Waals surface area contributed by atoms with Crippen LogP contribution in [0.3, 0.4) is 0 Å². The van der Waals surface area contributed by atoms with Gasteiger partial charge in [0.05, 0.1) is 17.8 Å². The third-order valence-corrected chi connectivity index (χ3v) is 4.70. The third kappa shape index (κ3) is 2.94. The molecule has 1 fully saturated rings. The van der Waals surface area contributed by atoms with Crippen LogP contribution in [0.2, 0.25) is 0 Å². The van der Waals surface area contributed by atoms with Crippen LogP contribution in [-0.2, 0) is 0 Å². The number of benzene rings is 1. The van der Waals surface area contributed by atoms with Crippen molar-refractivity contribution < 1.29 is 5.11 Å². The maximum Gasteiger partial charge on any atom is 0.0726 e. The van der Waals surface area contributed by atoms with E-state index in [1.54, 1.807) is 0 Å². The number of fused-ring (bicyclic) bond motifs is 1. The fourth-order valence-electron chi connectivity index (χ4n) is 3.39. The molecule has 1 aliphatic rings. The van der Waals surface area contributed by atoms with Crippen molar-refractivity contribution in [3.05, 3.63) is 35.5 Å². The number of piperidine rings is 1. The summed E-state index contributed by atoms with van der Waals surface area (Å²) in [4.78, 5) is 7.22. The van der Waals surface area contributed by atoms with Crippen LogP contribution >= 0.6 is 0 Å². The molecule has 0 atom stereocenters. The molecule has 0 bridgehead atoms. The number of nitrogens with one attached hydrogen (secondary N) is 1. The van der Waals surface area contributed by atoms with Gasteiger partial charge in [-0.1, -0.05) is 18.2 Å².